The van der Waals surface area contributed by atoms with Crippen LogP contribution in [0.5, 0.6) is 11.5 Å². The first kappa shape index (κ1) is 17.2. The average molecular weight is 319 g/mol. The minimum Gasteiger partial charge on any atom is -0.493 e. The summed E-state index contributed by atoms with van der Waals surface area (Å²) in [6, 6.07) is 12.3. The third-order valence-electron chi connectivity index (χ3n) is 3.34. The van der Waals surface area contributed by atoms with Gasteiger partial charge in [0, 0.05) is 20.2 Å². The molecule has 0 fully saturated rings. The Morgan fingerprint density at radius 3 is 2.26 bits per heavy atom. The minimum absolute atomic E-state index is 0.220. The van der Waals surface area contributed by atoms with Gasteiger partial charge in [-0.25, -0.2) is 4.39 Å². The summed E-state index contributed by atoms with van der Waals surface area (Å²) in [7, 11) is 3.25. The monoisotopic (exact) mass is 319 g/mol. The SMILES string of the molecule is COCCOc1ccc(CNCc2ccc(F)cc2)cc1OC. The fourth-order valence-corrected chi connectivity index (χ4v) is 2.13. The van der Waals surface area contributed by atoms with E-state index in [1.807, 2.05) is 18.2 Å². The Morgan fingerprint density at radius 2 is 1.57 bits per heavy atom. The van der Waals surface area contributed by atoms with Crippen molar-refractivity contribution in [3.05, 3.63) is 59.4 Å². The van der Waals surface area contributed by atoms with Gasteiger partial charge in [0.25, 0.3) is 0 Å². The predicted molar refractivity (Wildman–Crippen MR) is 87.3 cm³/mol. The Morgan fingerprint density at radius 1 is 0.870 bits per heavy atom. The van der Waals surface area contributed by atoms with Crippen molar-refractivity contribution in [2.24, 2.45) is 0 Å². The van der Waals surface area contributed by atoms with E-state index in [-0.39, 0.29) is 5.82 Å². The van der Waals surface area contributed by atoms with Gasteiger partial charge in [0.05, 0.1) is 13.7 Å². The molecule has 0 radical (unpaired) electrons. The molecule has 1 N–H and O–H groups in total. The lowest BCUT2D eigenvalue weighted by molar-refractivity contribution is 0.144. The maximum Gasteiger partial charge on any atom is 0.161 e. The first-order chi connectivity index (χ1) is 11.2. The molecule has 0 amide bonds. The lowest BCUT2D eigenvalue weighted by atomic mass is 10.2. The topological polar surface area (TPSA) is 39.7 Å². The van der Waals surface area contributed by atoms with Gasteiger partial charge in [-0.3, -0.25) is 0 Å². The van der Waals surface area contributed by atoms with Crippen LogP contribution in [0.4, 0.5) is 4.39 Å². The van der Waals surface area contributed by atoms with E-state index in [9.17, 15) is 4.39 Å². The molecular formula is C18H22FNO3. The van der Waals surface area contributed by atoms with E-state index in [1.165, 1.54) is 12.1 Å². The molecule has 2 aromatic rings. The Hall–Kier alpha value is -2.11. The van der Waals surface area contributed by atoms with E-state index in [4.69, 9.17) is 14.2 Å². The molecule has 0 spiro atoms. The van der Waals surface area contributed by atoms with Crippen LogP contribution in [0.1, 0.15) is 11.1 Å². The number of methoxy groups -OCH3 is 2. The molecule has 0 saturated carbocycles. The molecule has 4 nitrogen and oxygen atoms in total. The highest BCUT2D eigenvalue weighted by atomic mass is 19.1. The number of halogens is 1. The van der Waals surface area contributed by atoms with Gasteiger partial charge >= 0.3 is 0 Å². The molecular weight excluding hydrogens is 297 g/mol. The van der Waals surface area contributed by atoms with E-state index in [0.29, 0.717) is 37.8 Å². The van der Waals surface area contributed by atoms with Gasteiger partial charge in [-0.2, -0.15) is 0 Å². The summed E-state index contributed by atoms with van der Waals surface area (Å²) < 4.78 is 28.8. The van der Waals surface area contributed by atoms with E-state index in [1.54, 1.807) is 26.4 Å². The van der Waals surface area contributed by atoms with E-state index >= 15 is 0 Å². The van der Waals surface area contributed by atoms with Crippen LogP contribution in [0.25, 0.3) is 0 Å². The van der Waals surface area contributed by atoms with Crippen LogP contribution >= 0.6 is 0 Å². The number of hydrogen-bond donors (Lipinski definition) is 1. The fourth-order valence-electron chi connectivity index (χ4n) is 2.13. The Kier molecular flexibility index (Phi) is 6.84. The molecule has 0 aliphatic rings. The van der Waals surface area contributed by atoms with Crippen molar-refractivity contribution < 1.29 is 18.6 Å². The summed E-state index contributed by atoms with van der Waals surface area (Å²) in [5, 5.41) is 3.32. The third kappa shape index (κ3) is 5.54. The van der Waals surface area contributed by atoms with Gasteiger partial charge < -0.3 is 19.5 Å². The van der Waals surface area contributed by atoms with Crippen molar-refractivity contribution in [3.63, 3.8) is 0 Å². The van der Waals surface area contributed by atoms with E-state index in [2.05, 4.69) is 5.32 Å². The van der Waals surface area contributed by atoms with Crippen LogP contribution in [0, 0.1) is 5.82 Å². The van der Waals surface area contributed by atoms with Crippen molar-refractivity contribution in [2.45, 2.75) is 13.1 Å². The molecule has 0 heterocycles. The van der Waals surface area contributed by atoms with E-state index in [0.717, 1.165) is 11.1 Å². The van der Waals surface area contributed by atoms with Crippen LogP contribution in [0.3, 0.4) is 0 Å². The highest BCUT2D eigenvalue weighted by molar-refractivity contribution is 5.43. The summed E-state index contributed by atoms with van der Waals surface area (Å²) >= 11 is 0. The normalized spacial score (nSPS) is 10.6. The summed E-state index contributed by atoms with van der Waals surface area (Å²) in [6.45, 7) is 2.37. The number of hydrogen-bond acceptors (Lipinski definition) is 4. The van der Waals surface area contributed by atoms with Gasteiger partial charge in [-0.15, -0.1) is 0 Å². The molecule has 0 atom stereocenters. The van der Waals surface area contributed by atoms with Crippen LogP contribution < -0.4 is 14.8 Å². The van der Waals surface area contributed by atoms with Gasteiger partial charge in [0.2, 0.25) is 0 Å². The first-order valence-electron chi connectivity index (χ1n) is 7.46. The van der Waals surface area contributed by atoms with Crippen molar-refractivity contribution in [3.8, 4) is 11.5 Å². The van der Waals surface area contributed by atoms with Crippen LogP contribution in [0.2, 0.25) is 0 Å². The van der Waals surface area contributed by atoms with Crippen LogP contribution in [-0.2, 0) is 17.8 Å². The molecule has 0 bridgehead atoms. The molecule has 23 heavy (non-hydrogen) atoms. The standard InChI is InChI=1S/C18H22FNO3/c1-21-9-10-23-17-8-5-15(11-18(17)22-2)13-20-12-14-3-6-16(19)7-4-14/h3-8,11,20H,9-10,12-13H2,1-2H3. The Balaban J connectivity index is 1.88. The van der Waals surface area contributed by atoms with Crippen molar-refractivity contribution in [1.82, 2.24) is 5.32 Å². The summed E-state index contributed by atoms with van der Waals surface area (Å²) in [6.07, 6.45) is 0. The Bertz CT molecular complexity index is 602. The van der Waals surface area contributed by atoms with Gasteiger partial charge in [-0.05, 0) is 35.4 Å². The van der Waals surface area contributed by atoms with Gasteiger partial charge in [-0.1, -0.05) is 18.2 Å². The second-order valence-electron chi connectivity index (χ2n) is 5.06. The van der Waals surface area contributed by atoms with Crippen molar-refractivity contribution in [2.75, 3.05) is 27.4 Å². The largest absolute Gasteiger partial charge is 0.493 e. The molecule has 0 aliphatic heterocycles. The lowest BCUT2D eigenvalue weighted by Gasteiger charge is -2.12. The number of ether oxygens (including phenoxy) is 3. The second kappa shape index (κ2) is 9.12. The molecule has 0 aromatic heterocycles. The highest BCUT2D eigenvalue weighted by Crippen LogP contribution is 2.28. The maximum atomic E-state index is 12.9. The first-order valence-corrected chi connectivity index (χ1v) is 7.46. The quantitative estimate of drug-likeness (QED) is 0.721. The predicted octanol–water partition coefficient (Wildman–Crippen LogP) is 3.15. The Labute approximate surface area is 136 Å². The van der Waals surface area contributed by atoms with Crippen LogP contribution in [-0.4, -0.2) is 27.4 Å². The highest BCUT2D eigenvalue weighted by Gasteiger charge is 2.06. The zero-order chi connectivity index (χ0) is 16.5. The smallest absolute Gasteiger partial charge is 0.161 e. The van der Waals surface area contributed by atoms with Crippen molar-refractivity contribution in [1.29, 1.82) is 0 Å². The third-order valence-corrected chi connectivity index (χ3v) is 3.34. The average Bonchev–Trinajstić information content (AvgIpc) is 2.58. The fraction of sp³-hybridized carbons (Fsp3) is 0.333. The van der Waals surface area contributed by atoms with Gasteiger partial charge in [0.15, 0.2) is 11.5 Å². The number of rotatable bonds is 9. The number of nitrogens with one attached hydrogen (secondary N) is 1. The second-order valence-corrected chi connectivity index (χ2v) is 5.06. The summed E-state index contributed by atoms with van der Waals surface area (Å²) in [5.41, 5.74) is 2.13. The van der Waals surface area contributed by atoms with Crippen molar-refractivity contribution >= 4 is 0 Å². The summed E-state index contributed by atoms with van der Waals surface area (Å²) in [5.74, 6) is 1.18. The molecule has 124 valence electrons. The zero-order valence-corrected chi connectivity index (χ0v) is 13.5. The summed E-state index contributed by atoms with van der Waals surface area (Å²) in [4.78, 5) is 0. The maximum absolute atomic E-state index is 12.9. The minimum atomic E-state index is -0.220. The molecule has 5 heteroatoms. The zero-order valence-electron chi connectivity index (χ0n) is 13.5. The van der Waals surface area contributed by atoms with E-state index < -0.39 is 0 Å². The molecule has 2 rings (SSSR count). The molecule has 2 aromatic carbocycles. The molecule has 0 saturated heterocycles. The van der Waals surface area contributed by atoms with Gasteiger partial charge in [0.1, 0.15) is 12.4 Å². The molecule has 0 unspecified atom stereocenters. The van der Waals surface area contributed by atoms with Crippen LogP contribution in [0.15, 0.2) is 42.5 Å². The molecule has 0 aliphatic carbocycles. The number of benzene rings is 2. The lowest BCUT2D eigenvalue weighted by Crippen LogP contribution is -2.13.